The first-order valence-corrected chi connectivity index (χ1v) is 11.4. The minimum Gasteiger partial charge on any atom is -0.493 e. The van der Waals surface area contributed by atoms with Crippen LogP contribution in [0.1, 0.15) is 36.0 Å². The zero-order valence-electron chi connectivity index (χ0n) is 19.0. The topological polar surface area (TPSA) is 78.3 Å². The number of nitrogens with zero attached hydrogens (tertiary/aromatic N) is 3. The van der Waals surface area contributed by atoms with Crippen LogP contribution in [0.15, 0.2) is 79.3 Å². The van der Waals surface area contributed by atoms with Gasteiger partial charge in [0.25, 0.3) is 5.91 Å². The number of hydrogen-bond acceptors (Lipinski definition) is 5. The fraction of sp³-hybridized carbons (Fsp3) is 0.222. The number of carbonyl (C=O) groups is 1. The molecule has 1 aliphatic carbocycles. The van der Waals surface area contributed by atoms with Crippen molar-refractivity contribution in [2.75, 3.05) is 12.4 Å². The van der Waals surface area contributed by atoms with Gasteiger partial charge in [-0.3, -0.25) is 9.78 Å². The second kappa shape index (κ2) is 9.79. The molecule has 0 radical (unpaired) electrons. The number of nitrogens with one attached hydrogen (secondary N) is 1. The molecular weight excluding hydrogens is 428 g/mol. The third-order valence-electron chi connectivity index (χ3n) is 5.93. The Kier molecular flexibility index (Phi) is 6.25. The van der Waals surface area contributed by atoms with Crippen molar-refractivity contribution in [3.63, 3.8) is 0 Å². The zero-order chi connectivity index (χ0) is 23.3. The van der Waals surface area contributed by atoms with Gasteiger partial charge in [-0.15, -0.1) is 0 Å². The van der Waals surface area contributed by atoms with Gasteiger partial charge < -0.3 is 14.8 Å². The maximum Gasteiger partial charge on any atom is 0.259 e. The number of methoxy groups -OCH3 is 1. The fourth-order valence-corrected chi connectivity index (χ4v) is 4.20. The highest BCUT2D eigenvalue weighted by atomic mass is 16.5. The van der Waals surface area contributed by atoms with Crippen molar-refractivity contribution in [3.05, 3.63) is 84.8 Å². The predicted octanol–water partition coefficient (Wildman–Crippen LogP) is 5.52. The molecule has 0 aliphatic heterocycles. The monoisotopic (exact) mass is 454 g/mol. The van der Waals surface area contributed by atoms with E-state index >= 15 is 0 Å². The molecule has 4 aromatic rings. The van der Waals surface area contributed by atoms with Crippen molar-refractivity contribution in [2.24, 2.45) is 0 Å². The van der Waals surface area contributed by atoms with Crippen LogP contribution in [-0.4, -0.2) is 33.9 Å². The van der Waals surface area contributed by atoms with Crippen molar-refractivity contribution < 1.29 is 14.3 Å². The summed E-state index contributed by atoms with van der Waals surface area (Å²) in [5.74, 6) is 1.02. The van der Waals surface area contributed by atoms with Crippen LogP contribution in [0.2, 0.25) is 0 Å². The van der Waals surface area contributed by atoms with Gasteiger partial charge in [0, 0.05) is 35.9 Å². The van der Waals surface area contributed by atoms with E-state index < -0.39 is 0 Å². The number of pyridine rings is 1. The molecule has 0 unspecified atom stereocenters. The van der Waals surface area contributed by atoms with Crippen molar-refractivity contribution in [2.45, 2.75) is 31.8 Å². The standard InChI is InChI=1S/C27H26N4O3/c1-33-24-14-13-20(16-25(24)34-22-11-5-6-12-22)29-27(32)23-18-31(21-9-3-2-4-10-21)30-26(23)19-8-7-15-28-17-19/h2-4,7-10,13-18,22H,5-6,11-12H2,1H3,(H,29,32). The summed E-state index contributed by atoms with van der Waals surface area (Å²) < 4.78 is 13.4. The maximum atomic E-state index is 13.4. The number of para-hydroxylation sites is 1. The number of hydrogen-bond donors (Lipinski definition) is 1. The molecule has 7 heteroatoms. The molecule has 5 rings (SSSR count). The second-order valence-corrected chi connectivity index (χ2v) is 8.26. The molecule has 1 aliphatic rings. The molecule has 2 aromatic heterocycles. The van der Waals surface area contributed by atoms with E-state index in [4.69, 9.17) is 14.6 Å². The molecule has 1 N–H and O–H groups in total. The van der Waals surface area contributed by atoms with E-state index in [0.29, 0.717) is 28.4 Å². The third-order valence-corrected chi connectivity index (χ3v) is 5.93. The summed E-state index contributed by atoms with van der Waals surface area (Å²) in [6.07, 6.45) is 9.74. The van der Waals surface area contributed by atoms with Crippen molar-refractivity contribution in [1.82, 2.24) is 14.8 Å². The fourth-order valence-electron chi connectivity index (χ4n) is 4.20. The number of benzene rings is 2. The molecule has 0 spiro atoms. The van der Waals surface area contributed by atoms with Crippen LogP contribution in [0.5, 0.6) is 11.5 Å². The Hall–Kier alpha value is -4.13. The maximum absolute atomic E-state index is 13.4. The van der Waals surface area contributed by atoms with E-state index in [0.717, 1.165) is 24.1 Å². The number of aromatic nitrogens is 3. The summed E-state index contributed by atoms with van der Waals surface area (Å²) in [7, 11) is 1.62. The van der Waals surface area contributed by atoms with Gasteiger partial charge in [-0.05, 0) is 62.1 Å². The average Bonchev–Trinajstić information content (AvgIpc) is 3.56. The van der Waals surface area contributed by atoms with Crippen LogP contribution in [0, 0.1) is 0 Å². The molecule has 1 fully saturated rings. The largest absolute Gasteiger partial charge is 0.493 e. The molecule has 7 nitrogen and oxygen atoms in total. The normalized spacial score (nSPS) is 13.6. The molecule has 0 atom stereocenters. The van der Waals surface area contributed by atoms with E-state index in [1.807, 2.05) is 60.7 Å². The van der Waals surface area contributed by atoms with E-state index in [1.54, 1.807) is 30.4 Å². The lowest BCUT2D eigenvalue weighted by Gasteiger charge is -2.17. The molecule has 1 saturated carbocycles. The van der Waals surface area contributed by atoms with Crippen LogP contribution in [-0.2, 0) is 0 Å². The van der Waals surface area contributed by atoms with Crippen LogP contribution >= 0.6 is 0 Å². The summed E-state index contributed by atoms with van der Waals surface area (Å²) in [4.78, 5) is 17.6. The van der Waals surface area contributed by atoms with Gasteiger partial charge >= 0.3 is 0 Å². The lowest BCUT2D eigenvalue weighted by atomic mass is 10.1. The molecule has 2 aromatic carbocycles. The molecule has 34 heavy (non-hydrogen) atoms. The number of ether oxygens (including phenoxy) is 2. The highest BCUT2D eigenvalue weighted by Crippen LogP contribution is 2.34. The molecular formula is C27H26N4O3. The summed E-state index contributed by atoms with van der Waals surface area (Å²) in [5, 5.41) is 7.70. The van der Waals surface area contributed by atoms with Crippen molar-refractivity contribution in [1.29, 1.82) is 0 Å². The smallest absolute Gasteiger partial charge is 0.259 e. The zero-order valence-corrected chi connectivity index (χ0v) is 19.0. The molecule has 0 bridgehead atoms. The molecule has 0 saturated heterocycles. The van der Waals surface area contributed by atoms with E-state index in [1.165, 1.54) is 12.8 Å². The number of carbonyl (C=O) groups excluding carboxylic acids is 1. The highest BCUT2D eigenvalue weighted by Gasteiger charge is 2.21. The Morgan fingerprint density at radius 1 is 1.03 bits per heavy atom. The highest BCUT2D eigenvalue weighted by molar-refractivity contribution is 6.08. The predicted molar refractivity (Wildman–Crippen MR) is 131 cm³/mol. The molecule has 2 heterocycles. The number of anilines is 1. The summed E-state index contributed by atoms with van der Waals surface area (Å²) in [6, 6.07) is 18.9. The number of rotatable bonds is 7. The lowest BCUT2D eigenvalue weighted by Crippen LogP contribution is -2.14. The van der Waals surface area contributed by atoms with Crippen LogP contribution in [0.25, 0.3) is 16.9 Å². The van der Waals surface area contributed by atoms with Crippen LogP contribution in [0.4, 0.5) is 5.69 Å². The minimum atomic E-state index is -0.266. The Balaban J connectivity index is 1.46. The average molecular weight is 455 g/mol. The van der Waals surface area contributed by atoms with Gasteiger partial charge in [-0.1, -0.05) is 18.2 Å². The summed E-state index contributed by atoms with van der Waals surface area (Å²) in [6.45, 7) is 0. The van der Waals surface area contributed by atoms with Crippen molar-refractivity contribution in [3.8, 4) is 28.4 Å². The molecule has 172 valence electrons. The van der Waals surface area contributed by atoms with Crippen LogP contribution in [0.3, 0.4) is 0 Å². The quantitative estimate of drug-likeness (QED) is 0.398. The summed E-state index contributed by atoms with van der Waals surface area (Å²) >= 11 is 0. The first-order chi connectivity index (χ1) is 16.7. The second-order valence-electron chi connectivity index (χ2n) is 8.26. The van der Waals surface area contributed by atoms with Gasteiger partial charge in [0.15, 0.2) is 11.5 Å². The van der Waals surface area contributed by atoms with E-state index in [-0.39, 0.29) is 12.0 Å². The van der Waals surface area contributed by atoms with Gasteiger partial charge in [-0.2, -0.15) is 5.10 Å². The Bertz CT molecular complexity index is 1270. The summed E-state index contributed by atoms with van der Waals surface area (Å²) in [5.41, 5.74) is 3.27. The SMILES string of the molecule is COc1ccc(NC(=O)c2cn(-c3ccccc3)nc2-c2cccnc2)cc1OC1CCCC1. The lowest BCUT2D eigenvalue weighted by molar-refractivity contribution is 0.102. The minimum absolute atomic E-state index is 0.182. The van der Waals surface area contributed by atoms with Crippen LogP contribution < -0.4 is 14.8 Å². The van der Waals surface area contributed by atoms with E-state index in [9.17, 15) is 4.79 Å². The Labute approximate surface area is 198 Å². The molecule has 1 amide bonds. The van der Waals surface area contributed by atoms with Gasteiger partial charge in [0.2, 0.25) is 0 Å². The van der Waals surface area contributed by atoms with Gasteiger partial charge in [-0.25, -0.2) is 4.68 Å². The van der Waals surface area contributed by atoms with Crippen molar-refractivity contribution >= 4 is 11.6 Å². The van der Waals surface area contributed by atoms with Gasteiger partial charge in [0.05, 0.1) is 24.5 Å². The number of amides is 1. The first kappa shape index (κ1) is 21.7. The third kappa shape index (κ3) is 4.64. The van der Waals surface area contributed by atoms with Gasteiger partial charge in [0.1, 0.15) is 5.69 Å². The first-order valence-electron chi connectivity index (χ1n) is 11.4. The Morgan fingerprint density at radius 3 is 2.59 bits per heavy atom. The Morgan fingerprint density at radius 2 is 1.85 bits per heavy atom. The van der Waals surface area contributed by atoms with E-state index in [2.05, 4.69) is 10.3 Å².